The first-order valence-corrected chi connectivity index (χ1v) is 12.6. The number of aromatic nitrogens is 5. The van der Waals surface area contributed by atoms with Crippen molar-refractivity contribution in [2.45, 2.75) is 25.3 Å². The molecule has 1 aliphatic rings. The lowest BCUT2D eigenvalue weighted by Gasteiger charge is -2.17. The zero-order chi connectivity index (χ0) is 25.4. The third kappa shape index (κ3) is 5.09. The van der Waals surface area contributed by atoms with Crippen LogP contribution in [0.3, 0.4) is 0 Å². The van der Waals surface area contributed by atoms with Gasteiger partial charge >= 0.3 is 5.69 Å². The van der Waals surface area contributed by atoms with Crippen molar-refractivity contribution < 1.29 is 9.90 Å². The van der Waals surface area contributed by atoms with E-state index >= 15 is 0 Å². The Labute approximate surface area is 210 Å². The molecule has 3 N–H and O–H groups in total. The van der Waals surface area contributed by atoms with E-state index < -0.39 is 5.69 Å². The molecule has 4 aromatic rings. The number of thiophene rings is 1. The largest absolute Gasteiger partial charge is 0.493 e. The van der Waals surface area contributed by atoms with Crippen LogP contribution in [0.4, 0.5) is 0 Å². The summed E-state index contributed by atoms with van der Waals surface area (Å²) in [5, 5.41) is 17.0. The third-order valence-corrected chi connectivity index (χ3v) is 6.85. The molecule has 0 saturated heterocycles. The zero-order valence-electron chi connectivity index (χ0n) is 20.4. The predicted octanol–water partition coefficient (Wildman–Crippen LogP) is 0.814. The molecule has 4 aromatic heterocycles. The number of H-pyrrole nitrogens is 2. The van der Waals surface area contributed by atoms with E-state index in [-0.39, 0.29) is 23.5 Å². The quantitative estimate of drug-likeness (QED) is 0.322. The second-order valence-corrected chi connectivity index (χ2v) is 10.2. The van der Waals surface area contributed by atoms with Crippen LogP contribution in [0.15, 0.2) is 33.5 Å². The number of rotatable bonds is 8. The van der Waals surface area contributed by atoms with Gasteiger partial charge < -0.3 is 19.9 Å². The van der Waals surface area contributed by atoms with Crippen LogP contribution in [-0.4, -0.2) is 85.7 Å². The normalized spacial score (nSPS) is 14.9. The van der Waals surface area contributed by atoms with E-state index in [4.69, 9.17) is 9.98 Å². The highest BCUT2D eigenvalue weighted by Crippen LogP contribution is 2.26. The molecule has 0 aromatic carbocycles. The van der Waals surface area contributed by atoms with Crippen molar-refractivity contribution in [3.8, 4) is 17.1 Å². The summed E-state index contributed by atoms with van der Waals surface area (Å²) in [4.78, 5) is 43.5. The van der Waals surface area contributed by atoms with Crippen LogP contribution in [0.25, 0.3) is 23.0 Å². The van der Waals surface area contributed by atoms with Gasteiger partial charge in [0.05, 0.1) is 22.8 Å². The Morgan fingerprint density at radius 2 is 2.08 bits per heavy atom. The zero-order valence-corrected chi connectivity index (χ0v) is 21.2. The number of nitrogens with one attached hydrogen (secondary N) is 2. The van der Waals surface area contributed by atoms with Crippen molar-refractivity contribution in [3.05, 3.63) is 55.5 Å². The molecule has 11 nitrogen and oxygen atoms in total. The summed E-state index contributed by atoms with van der Waals surface area (Å²) in [6.07, 6.45) is 6.21. The molecule has 5 rings (SSSR count). The van der Waals surface area contributed by atoms with Crippen LogP contribution < -0.4 is 16.4 Å². The number of hydrogen-bond acceptors (Lipinski definition) is 8. The average Bonchev–Trinajstić information content (AvgIpc) is 3.22. The molecule has 0 aliphatic heterocycles. The molecule has 0 radical (unpaired) electrons. The number of aromatic hydroxyl groups is 1. The van der Waals surface area contributed by atoms with Gasteiger partial charge in [0.25, 0.3) is 5.91 Å². The molecule has 0 unspecified atom stereocenters. The highest BCUT2D eigenvalue weighted by Gasteiger charge is 2.21. The van der Waals surface area contributed by atoms with Crippen LogP contribution in [0.1, 0.15) is 34.6 Å². The number of carbonyl (C=O) groups is 1. The van der Waals surface area contributed by atoms with Crippen LogP contribution >= 0.6 is 11.3 Å². The molecule has 0 bridgehead atoms. The summed E-state index contributed by atoms with van der Waals surface area (Å²) in [7, 11) is 5.86. The van der Waals surface area contributed by atoms with Gasteiger partial charge in [0.2, 0.25) is 5.88 Å². The van der Waals surface area contributed by atoms with Gasteiger partial charge in [0.1, 0.15) is 5.69 Å². The first kappa shape index (κ1) is 23.9. The van der Waals surface area contributed by atoms with Crippen molar-refractivity contribution in [2.75, 3.05) is 34.2 Å². The van der Waals surface area contributed by atoms with Gasteiger partial charge in [-0.15, -0.1) is 11.3 Å². The number of carbonyl (C=O) groups excluding carboxylic acids is 1. The van der Waals surface area contributed by atoms with Gasteiger partial charge in [-0.2, -0.15) is 9.61 Å². The fraction of sp³-hybridized carbons (Fsp3) is 0.375. The van der Waals surface area contributed by atoms with Crippen molar-refractivity contribution in [1.82, 2.24) is 34.4 Å². The van der Waals surface area contributed by atoms with Gasteiger partial charge in [-0.1, -0.05) is 0 Å². The summed E-state index contributed by atoms with van der Waals surface area (Å²) in [6.45, 7) is 1.60. The predicted molar refractivity (Wildman–Crippen MR) is 137 cm³/mol. The third-order valence-electron chi connectivity index (χ3n) is 5.93. The van der Waals surface area contributed by atoms with Crippen molar-refractivity contribution >= 4 is 29.0 Å². The highest BCUT2D eigenvalue weighted by atomic mass is 32.1. The fourth-order valence-electron chi connectivity index (χ4n) is 3.84. The second kappa shape index (κ2) is 9.70. The number of aromatic amines is 2. The van der Waals surface area contributed by atoms with Crippen molar-refractivity contribution in [1.29, 1.82) is 0 Å². The van der Waals surface area contributed by atoms with Crippen molar-refractivity contribution in [3.63, 3.8) is 0 Å². The molecule has 12 heteroatoms. The Hall–Kier alpha value is -3.77. The molecular formula is C24H28N8O3S. The summed E-state index contributed by atoms with van der Waals surface area (Å²) in [5.74, 6) is -0.270. The summed E-state index contributed by atoms with van der Waals surface area (Å²) in [5.41, 5.74) is 2.44. The van der Waals surface area contributed by atoms with E-state index in [2.05, 4.69) is 20.0 Å². The maximum Gasteiger partial charge on any atom is 0.326 e. The van der Waals surface area contributed by atoms with E-state index in [0.29, 0.717) is 33.5 Å². The summed E-state index contributed by atoms with van der Waals surface area (Å²) >= 11 is 1.39. The number of imidazole rings is 1. The van der Waals surface area contributed by atoms with Crippen LogP contribution in [-0.2, 0) is 0 Å². The maximum atomic E-state index is 13.0. The van der Waals surface area contributed by atoms with Gasteiger partial charge in [0.15, 0.2) is 11.1 Å². The minimum Gasteiger partial charge on any atom is -0.493 e. The first-order chi connectivity index (χ1) is 17.3. The molecular weight excluding hydrogens is 480 g/mol. The average molecular weight is 509 g/mol. The van der Waals surface area contributed by atoms with Gasteiger partial charge in [-0.25, -0.2) is 9.78 Å². The SMILES string of the molecule is CN(C)CCCN(C)C(=O)c1cc(-c2cc(=NC3CC3)n3nc/c(=C/c4[nH]c(=O)[nH]c4O)c3n2)cs1. The highest BCUT2D eigenvalue weighted by molar-refractivity contribution is 7.12. The lowest BCUT2D eigenvalue weighted by Crippen LogP contribution is -2.29. The Morgan fingerprint density at radius 3 is 2.78 bits per heavy atom. The standard InChI is InChI=1S/C24H28N8O3S/c1-30(2)7-4-8-31(3)23(34)19-10-15(13-36-19)17-11-20(26-16-5-6-16)32-21(27-17)14(12-25-32)9-18-22(33)29-24(35)28-18/h9-13,16,33H,4-8H2,1-3H3,(H2,28,29,35)/b14-9-,26-20?. The smallest absolute Gasteiger partial charge is 0.326 e. The fourth-order valence-corrected chi connectivity index (χ4v) is 4.73. The van der Waals surface area contributed by atoms with Crippen LogP contribution in [0, 0.1) is 0 Å². The Morgan fingerprint density at radius 1 is 1.28 bits per heavy atom. The summed E-state index contributed by atoms with van der Waals surface area (Å²) in [6, 6.07) is 4.01. The second-order valence-electron chi connectivity index (χ2n) is 9.26. The van der Waals surface area contributed by atoms with Crippen LogP contribution in [0.2, 0.25) is 0 Å². The van der Waals surface area contributed by atoms with Gasteiger partial charge in [0, 0.05) is 35.8 Å². The van der Waals surface area contributed by atoms with Crippen molar-refractivity contribution in [2.24, 2.45) is 4.99 Å². The van der Waals surface area contributed by atoms with E-state index in [0.717, 1.165) is 31.4 Å². The number of amides is 1. The van der Waals surface area contributed by atoms with E-state index in [1.165, 1.54) is 11.3 Å². The molecule has 0 atom stereocenters. The number of fused-ring (bicyclic) bond motifs is 1. The molecule has 1 saturated carbocycles. The molecule has 0 spiro atoms. The van der Waals surface area contributed by atoms with E-state index in [9.17, 15) is 14.7 Å². The Balaban J connectivity index is 1.52. The van der Waals surface area contributed by atoms with E-state index in [1.54, 1.807) is 21.7 Å². The first-order valence-electron chi connectivity index (χ1n) is 11.7. The topological polar surface area (TPSA) is 135 Å². The molecule has 1 fully saturated rings. The van der Waals surface area contributed by atoms with Crippen LogP contribution in [0.5, 0.6) is 5.88 Å². The molecule has 4 heterocycles. The summed E-state index contributed by atoms with van der Waals surface area (Å²) < 4.78 is 1.66. The molecule has 36 heavy (non-hydrogen) atoms. The molecule has 188 valence electrons. The Kier molecular flexibility index (Phi) is 6.46. The lowest BCUT2D eigenvalue weighted by molar-refractivity contribution is 0.0795. The Bertz CT molecular complexity index is 1590. The molecule has 1 amide bonds. The lowest BCUT2D eigenvalue weighted by atomic mass is 10.2. The number of nitrogens with zero attached hydrogens (tertiary/aromatic N) is 6. The van der Waals surface area contributed by atoms with E-state index in [1.807, 2.05) is 38.7 Å². The van der Waals surface area contributed by atoms with Gasteiger partial charge in [-0.3, -0.25) is 14.8 Å². The minimum atomic E-state index is -0.504. The monoisotopic (exact) mass is 508 g/mol. The molecule has 1 aliphatic carbocycles. The van der Waals surface area contributed by atoms with Gasteiger partial charge in [-0.05, 0) is 52.0 Å². The minimum absolute atomic E-state index is 0.0146. The number of hydrogen-bond donors (Lipinski definition) is 3. The maximum absolute atomic E-state index is 13.0.